The zero-order chi connectivity index (χ0) is 17.5. The summed E-state index contributed by atoms with van der Waals surface area (Å²) in [4.78, 5) is 0. The Morgan fingerprint density at radius 1 is 1.11 bits per heavy atom. The molecule has 108 valence electrons. The third-order valence-corrected chi connectivity index (χ3v) is 3.55. The van der Waals surface area contributed by atoms with E-state index in [1.807, 2.05) is 39.0 Å². The first-order chi connectivity index (χ1) is 9.74. The largest absolute Gasteiger partial charge is 0.0625 e. The van der Waals surface area contributed by atoms with Gasteiger partial charge in [0.05, 0.1) is 0 Å². The van der Waals surface area contributed by atoms with E-state index in [-0.39, 0.29) is 17.3 Å². The van der Waals surface area contributed by atoms with Crippen molar-refractivity contribution < 1.29 is 4.11 Å². The zero-order valence-electron chi connectivity index (χ0n) is 16.9. The van der Waals surface area contributed by atoms with E-state index >= 15 is 0 Å². The molecular weight excluding hydrogens is 228 g/mol. The van der Waals surface area contributed by atoms with Gasteiger partial charge in [-0.3, -0.25) is 0 Å². The lowest BCUT2D eigenvalue weighted by atomic mass is 9.74. The summed E-state index contributed by atoms with van der Waals surface area (Å²) in [7, 11) is 0. The van der Waals surface area contributed by atoms with E-state index in [1.165, 1.54) is 0 Å². The van der Waals surface area contributed by atoms with Crippen LogP contribution in [0.15, 0.2) is 18.2 Å². The highest BCUT2D eigenvalue weighted by Gasteiger charge is 2.25. The lowest BCUT2D eigenvalue weighted by molar-refractivity contribution is 0.503. The number of hydrogen-bond acceptors (Lipinski definition) is 0. The highest BCUT2D eigenvalue weighted by Crippen LogP contribution is 2.36. The van der Waals surface area contributed by atoms with E-state index in [0.29, 0.717) is 0 Å². The van der Waals surface area contributed by atoms with Crippen molar-refractivity contribution in [1.82, 2.24) is 0 Å². The minimum absolute atomic E-state index is 0.111. The Kier molecular flexibility index (Phi) is 3.86. The molecule has 0 fully saturated rings. The van der Waals surface area contributed by atoms with Gasteiger partial charge >= 0.3 is 0 Å². The fourth-order valence-electron chi connectivity index (χ4n) is 2.43. The molecule has 0 aliphatic heterocycles. The van der Waals surface area contributed by atoms with Crippen LogP contribution in [-0.2, 0) is 11.8 Å². The van der Waals surface area contributed by atoms with Gasteiger partial charge in [-0.15, -0.1) is 0 Å². The van der Waals surface area contributed by atoms with Crippen molar-refractivity contribution >= 4 is 0 Å². The third-order valence-electron chi connectivity index (χ3n) is 3.55. The molecule has 0 bridgehead atoms. The van der Waals surface area contributed by atoms with Gasteiger partial charge in [0.15, 0.2) is 0 Å². The standard InChI is InChI=1S/C19H32/c1-13(2)12-16-10-9-11-17(15(5)14(3)4)18(16)19(6,7)8/h9-11,13-15H,12H2,1-8H3/i12D2,15D. The topological polar surface area (TPSA) is 0 Å². The highest BCUT2D eigenvalue weighted by molar-refractivity contribution is 5.42. The Bertz CT molecular complexity index is 482. The SMILES string of the molecule is [2H]C([2H])(c1cccc(C([2H])(C)C(C)C)c1C(C)(C)C)C(C)C. The molecular formula is C19H32. The summed E-state index contributed by atoms with van der Waals surface area (Å²) >= 11 is 0. The van der Waals surface area contributed by atoms with Crippen LogP contribution in [0.3, 0.4) is 0 Å². The van der Waals surface area contributed by atoms with E-state index in [2.05, 4.69) is 34.6 Å². The van der Waals surface area contributed by atoms with Crippen LogP contribution in [0.2, 0.25) is 0 Å². The van der Waals surface area contributed by atoms with Crippen molar-refractivity contribution in [1.29, 1.82) is 0 Å². The van der Waals surface area contributed by atoms with Crippen molar-refractivity contribution in [3.8, 4) is 0 Å². The van der Waals surface area contributed by atoms with Gasteiger partial charge in [0.1, 0.15) is 0 Å². The second-order valence-electron chi connectivity index (χ2n) is 7.11. The van der Waals surface area contributed by atoms with Crippen molar-refractivity contribution in [3.63, 3.8) is 0 Å². The lowest BCUT2D eigenvalue weighted by Crippen LogP contribution is -2.20. The smallest absolute Gasteiger partial charge is 0.0352 e. The lowest BCUT2D eigenvalue weighted by Gasteiger charge is -2.31. The van der Waals surface area contributed by atoms with Crippen LogP contribution < -0.4 is 0 Å². The van der Waals surface area contributed by atoms with Crippen LogP contribution >= 0.6 is 0 Å². The first kappa shape index (κ1) is 12.0. The number of benzene rings is 1. The molecule has 0 aromatic heterocycles. The van der Waals surface area contributed by atoms with E-state index in [4.69, 9.17) is 4.11 Å². The minimum Gasteiger partial charge on any atom is -0.0625 e. The average molecular weight is 263 g/mol. The maximum Gasteiger partial charge on any atom is 0.0352 e. The van der Waals surface area contributed by atoms with Crippen molar-refractivity contribution in [3.05, 3.63) is 34.9 Å². The van der Waals surface area contributed by atoms with E-state index in [9.17, 15) is 0 Å². The molecule has 0 heterocycles. The Hall–Kier alpha value is -0.780. The molecule has 0 N–H and O–H groups in total. The summed E-state index contributed by atoms with van der Waals surface area (Å²) in [5, 5.41) is 0. The van der Waals surface area contributed by atoms with Gasteiger partial charge in [-0.1, -0.05) is 73.6 Å². The molecule has 0 nitrogen and oxygen atoms in total. The quantitative estimate of drug-likeness (QED) is 0.630. The Balaban J connectivity index is 3.78. The molecule has 0 amide bonds. The fraction of sp³-hybridized carbons (Fsp3) is 0.684. The van der Waals surface area contributed by atoms with Gasteiger partial charge in [0, 0.05) is 4.11 Å². The monoisotopic (exact) mass is 263 g/mol. The van der Waals surface area contributed by atoms with Crippen molar-refractivity contribution in [2.45, 2.75) is 73.1 Å². The van der Waals surface area contributed by atoms with Crippen LogP contribution in [0.25, 0.3) is 0 Å². The Morgan fingerprint density at radius 2 is 1.68 bits per heavy atom. The minimum atomic E-state index is -1.40. The molecule has 0 heteroatoms. The Morgan fingerprint density at radius 3 is 2.11 bits per heavy atom. The van der Waals surface area contributed by atoms with Crippen LogP contribution in [-0.4, -0.2) is 0 Å². The summed E-state index contributed by atoms with van der Waals surface area (Å²) in [5.74, 6) is -0.681. The van der Waals surface area contributed by atoms with Gasteiger partial charge < -0.3 is 0 Å². The summed E-state index contributed by atoms with van der Waals surface area (Å²) in [6, 6.07) is 5.82. The second-order valence-corrected chi connectivity index (χ2v) is 7.11. The first-order valence-corrected chi connectivity index (χ1v) is 7.38. The van der Waals surface area contributed by atoms with E-state index in [1.54, 1.807) is 0 Å². The van der Waals surface area contributed by atoms with Crippen LogP contribution in [0, 0.1) is 11.8 Å². The molecule has 1 aromatic rings. The summed E-state index contributed by atoms with van der Waals surface area (Å²) in [5.41, 5.74) is 2.49. The highest BCUT2D eigenvalue weighted by atomic mass is 14.3. The average Bonchev–Trinajstić information content (AvgIpc) is 2.36. The molecule has 0 aliphatic carbocycles. The maximum absolute atomic E-state index is 8.83. The predicted molar refractivity (Wildman–Crippen MR) is 86.9 cm³/mol. The molecule has 0 spiro atoms. The van der Waals surface area contributed by atoms with E-state index < -0.39 is 12.3 Å². The predicted octanol–water partition coefficient (Wildman–Crippen LogP) is 5.94. The van der Waals surface area contributed by atoms with Gasteiger partial charge in [-0.05, 0) is 46.2 Å². The molecule has 1 rings (SSSR count). The van der Waals surface area contributed by atoms with Crippen molar-refractivity contribution in [2.75, 3.05) is 0 Å². The molecule has 1 aromatic carbocycles. The summed E-state index contributed by atoms with van der Waals surface area (Å²) in [6.07, 6.45) is -1.40. The maximum atomic E-state index is 8.83. The van der Waals surface area contributed by atoms with Crippen LogP contribution in [0.1, 0.15) is 82.1 Å². The van der Waals surface area contributed by atoms with Gasteiger partial charge in [0.2, 0.25) is 0 Å². The molecule has 0 aliphatic rings. The molecule has 0 radical (unpaired) electrons. The van der Waals surface area contributed by atoms with Gasteiger partial charge in [-0.2, -0.15) is 0 Å². The third kappa shape index (κ3) is 4.09. The molecule has 0 saturated heterocycles. The van der Waals surface area contributed by atoms with Crippen molar-refractivity contribution in [2.24, 2.45) is 11.8 Å². The number of hydrogen-bond donors (Lipinski definition) is 0. The van der Waals surface area contributed by atoms with E-state index in [0.717, 1.165) is 16.7 Å². The van der Waals surface area contributed by atoms with Gasteiger partial charge in [0.25, 0.3) is 0 Å². The van der Waals surface area contributed by atoms with Crippen LogP contribution in [0.4, 0.5) is 0 Å². The number of rotatable bonds is 4. The summed E-state index contributed by atoms with van der Waals surface area (Å²) in [6.45, 7) is 16.2. The molecule has 1 atom stereocenters. The second kappa shape index (κ2) is 6.11. The first-order valence-electron chi connectivity index (χ1n) is 8.88. The zero-order valence-corrected chi connectivity index (χ0v) is 13.9. The normalized spacial score (nSPS) is 18.9. The van der Waals surface area contributed by atoms with Gasteiger partial charge in [-0.25, -0.2) is 0 Å². The molecule has 19 heavy (non-hydrogen) atoms. The fourth-order valence-corrected chi connectivity index (χ4v) is 2.43. The van der Waals surface area contributed by atoms with Crippen LogP contribution in [0.5, 0.6) is 0 Å². The Labute approximate surface area is 124 Å². The molecule has 0 saturated carbocycles. The summed E-state index contributed by atoms with van der Waals surface area (Å²) < 4.78 is 25.9. The molecule has 1 unspecified atom stereocenters.